The molecule has 2 aromatic carbocycles. The molecule has 1 aliphatic rings. The van der Waals surface area contributed by atoms with E-state index in [0.717, 1.165) is 26.8 Å². The minimum absolute atomic E-state index is 0.0476. The SMILES string of the molecule is O=C(CNc1ccc(Br)cc1)SC1CC(=O)N(c2ccc(Cl)cc2Cl)C1=O. The Morgan fingerprint density at radius 1 is 1.19 bits per heavy atom. The van der Waals surface area contributed by atoms with Crippen molar-refractivity contribution in [2.45, 2.75) is 11.7 Å². The molecule has 140 valence electrons. The molecular weight excluding hydrogens is 475 g/mol. The third-order valence-corrected chi connectivity index (χ3v) is 5.94. The van der Waals surface area contributed by atoms with Crippen LogP contribution in [0.4, 0.5) is 11.4 Å². The van der Waals surface area contributed by atoms with Gasteiger partial charge in [0.15, 0.2) is 0 Å². The van der Waals surface area contributed by atoms with Crippen LogP contribution in [0.3, 0.4) is 0 Å². The number of imide groups is 1. The number of rotatable bonds is 5. The van der Waals surface area contributed by atoms with E-state index in [9.17, 15) is 14.4 Å². The summed E-state index contributed by atoms with van der Waals surface area (Å²) in [4.78, 5) is 38.1. The molecule has 1 aliphatic heterocycles. The number of carbonyl (C=O) groups is 3. The molecular formula is C18H13BrCl2N2O3S. The number of hydrogen-bond donors (Lipinski definition) is 1. The second-order valence-corrected chi connectivity index (χ2v) is 8.73. The van der Waals surface area contributed by atoms with Gasteiger partial charge < -0.3 is 5.32 Å². The van der Waals surface area contributed by atoms with Gasteiger partial charge in [0.1, 0.15) is 5.25 Å². The molecule has 0 aromatic heterocycles. The Balaban J connectivity index is 1.62. The van der Waals surface area contributed by atoms with Crippen molar-refractivity contribution in [3.8, 4) is 0 Å². The van der Waals surface area contributed by atoms with Gasteiger partial charge >= 0.3 is 0 Å². The normalized spacial score (nSPS) is 16.7. The summed E-state index contributed by atoms with van der Waals surface area (Å²) in [5.74, 6) is -0.846. The number of nitrogens with one attached hydrogen (secondary N) is 1. The van der Waals surface area contributed by atoms with Crippen LogP contribution in [0, 0.1) is 0 Å². The molecule has 2 aromatic rings. The fraction of sp³-hybridized carbons (Fsp3) is 0.167. The number of nitrogens with zero attached hydrogens (tertiary/aromatic N) is 1. The quantitative estimate of drug-likeness (QED) is 0.616. The topological polar surface area (TPSA) is 66.5 Å². The molecule has 9 heteroatoms. The van der Waals surface area contributed by atoms with Gasteiger partial charge in [-0.15, -0.1) is 0 Å². The van der Waals surface area contributed by atoms with Crippen LogP contribution in [-0.4, -0.2) is 28.7 Å². The highest BCUT2D eigenvalue weighted by Crippen LogP contribution is 2.35. The van der Waals surface area contributed by atoms with Crippen molar-refractivity contribution >= 4 is 79.2 Å². The lowest BCUT2D eigenvalue weighted by Gasteiger charge is -2.16. The van der Waals surface area contributed by atoms with E-state index < -0.39 is 17.1 Å². The summed E-state index contributed by atoms with van der Waals surface area (Å²) in [6, 6.07) is 11.9. The van der Waals surface area contributed by atoms with Gasteiger partial charge in [-0.25, -0.2) is 4.90 Å². The molecule has 1 heterocycles. The van der Waals surface area contributed by atoms with Crippen LogP contribution in [0.25, 0.3) is 0 Å². The lowest BCUT2D eigenvalue weighted by atomic mass is 10.3. The predicted octanol–water partition coefficient (Wildman–Crippen LogP) is 4.76. The maximum atomic E-state index is 12.6. The van der Waals surface area contributed by atoms with Crippen molar-refractivity contribution in [3.05, 3.63) is 57.0 Å². The van der Waals surface area contributed by atoms with E-state index in [-0.39, 0.29) is 28.8 Å². The Morgan fingerprint density at radius 3 is 2.56 bits per heavy atom. The van der Waals surface area contributed by atoms with Crippen LogP contribution >= 0.6 is 50.9 Å². The third kappa shape index (κ3) is 4.85. The Bertz CT molecular complexity index is 908. The van der Waals surface area contributed by atoms with Gasteiger partial charge in [0, 0.05) is 21.6 Å². The van der Waals surface area contributed by atoms with E-state index in [4.69, 9.17) is 23.2 Å². The van der Waals surface area contributed by atoms with Gasteiger partial charge in [-0.1, -0.05) is 50.9 Å². The van der Waals surface area contributed by atoms with E-state index in [0.29, 0.717) is 5.02 Å². The number of amides is 2. The van der Waals surface area contributed by atoms with Crippen molar-refractivity contribution in [3.63, 3.8) is 0 Å². The van der Waals surface area contributed by atoms with Crippen molar-refractivity contribution in [2.24, 2.45) is 0 Å². The minimum Gasteiger partial charge on any atom is -0.377 e. The van der Waals surface area contributed by atoms with Crippen LogP contribution in [0.5, 0.6) is 0 Å². The highest BCUT2D eigenvalue weighted by Gasteiger charge is 2.41. The van der Waals surface area contributed by atoms with Crippen molar-refractivity contribution in [1.29, 1.82) is 0 Å². The van der Waals surface area contributed by atoms with E-state index in [1.54, 1.807) is 6.07 Å². The molecule has 1 saturated heterocycles. The number of thioether (sulfide) groups is 1. The lowest BCUT2D eigenvalue weighted by Crippen LogP contribution is -2.31. The van der Waals surface area contributed by atoms with Gasteiger partial charge in [0.25, 0.3) is 0 Å². The van der Waals surface area contributed by atoms with Crippen molar-refractivity contribution < 1.29 is 14.4 Å². The predicted molar refractivity (Wildman–Crippen MR) is 113 cm³/mol. The highest BCUT2D eigenvalue weighted by molar-refractivity contribution is 9.10. The second-order valence-electron chi connectivity index (χ2n) is 5.71. The number of benzene rings is 2. The fourth-order valence-electron chi connectivity index (χ4n) is 2.55. The van der Waals surface area contributed by atoms with E-state index >= 15 is 0 Å². The lowest BCUT2D eigenvalue weighted by molar-refractivity contribution is -0.121. The standard InChI is InChI=1S/C18H13BrCl2N2O3S/c19-10-1-4-12(5-2-10)22-9-17(25)27-15-8-16(24)23(18(15)26)14-6-3-11(20)7-13(14)21/h1-7,15,22H,8-9H2. The van der Waals surface area contributed by atoms with Gasteiger partial charge in [-0.3, -0.25) is 14.4 Å². The molecule has 3 rings (SSSR count). The Labute approximate surface area is 178 Å². The average molecular weight is 488 g/mol. The van der Waals surface area contributed by atoms with Crippen LogP contribution in [0.2, 0.25) is 10.0 Å². The molecule has 1 unspecified atom stereocenters. The van der Waals surface area contributed by atoms with E-state index in [1.165, 1.54) is 12.1 Å². The Hall–Kier alpha value is -1.54. The number of halogens is 3. The molecule has 1 atom stereocenters. The summed E-state index contributed by atoms with van der Waals surface area (Å²) in [7, 11) is 0. The summed E-state index contributed by atoms with van der Waals surface area (Å²) >= 11 is 16.2. The second kappa shape index (κ2) is 8.65. The fourth-order valence-corrected chi connectivity index (χ4v) is 4.22. The van der Waals surface area contributed by atoms with Crippen LogP contribution in [-0.2, 0) is 14.4 Å². The zero-order valence-electron chi connectivity index (χ0n) is 13.7. The molecule has 1 N–H and O–H groups in total. The first-order valence-electron chi connectivity index (χ1n) is 7.86. The summed E-state index contributed by atoms with van der Waals surface area (Å²) in [5, 5.41) is 2.62. The first-order valence-corrected chi connectivity index (χ1v) is 10.3. The van der Waals surface area contributed by atoms with Gasteiger partial charge in [0.05, 0.1) is 17.3 Å². The molecule has 1 fully saturated rings. The first kappa shape index (κ1) is 20.2. The largest absolute Gasteiger partial charge is 0.377 e. The molecule has 0 saturated carbocycles. The summed E-state index contributed by atoms with van der Waals surface area (Å²) in [6.45, 7) is 0.0476. The minimum atomic E-state index is -0.761. The van der Waals surface area contributed by atoms with Crippen LogP contribution < -0.4 is 10.2 Å². The Morgan fingerprint density at radius 2 is 1.89 bits per heavy atom. The van der Waals surface area contributed by atoms with Crippen molar-refractivity contribution in [1.82, 2.24) is 0 Å². The monoisotopic (exact) mass is 486 g/mol. The summed E-state index contributed by atoms with van der Waals surface area (Å²) in [5.41, 5.74) is 1.06. The molecule has 2 amide bonds. The molecule has 0 radical (unpaired) electrons. The highest BCUT2D eigenvalue weighted by atomic mass is 79.9. The molecule has 0 aliphatic carbocycles. The van der Waals surface area contributed by atoms with Crippen LogP contribution in [0.15, 0.2) is 46.9 Å². The first-order chi connectivity index (χ1) is 12.8. The molecule has 27 heavy (non-hydrogen) atoms. The number of hydrogen-bond acceptors (Lipinski definition) is 5. The van der Waals surface area contributed by atoms with Crippen LogP contribution in [0.1, 0.15) is 6.42 Å². The third-order valence-electron chi connectivity index (χ3n) is 3.81. The smallest absolute Gasteiger partial charge is 0.247 e. The Kier molecular flexibility index (Phi) is 6.47. The van der Waals surface area contributed by atoms with E-state index in [1.807, 2.05) is 24.3 Å². The zero-order chi connectivity index (χ0) is 19.6. The average Bonchev–Trinajstić information content (AvgIpc) is 2.88. The number of carbonyl (C=O) groups excluding carboxylic acids is 3. The number of anilines is 2. The summed E-state index contributed by atoms with van der Waals surface area (Å²) < 4.78 is 0.935. The molecule has 0 bridgehead atoms. The molecule has 5 nitrogen and oxygen atoms in total. The summed E-state index contributed by atoms with van der Waals surface area (Å²) in [6.07, 6.45) is -0.0491. The van der Waals surface area contributed by atoms with E-state index in [2.05, 4.69) is 21.2 Å². The zero-order valence-corrected chi connectivity index (χ0v) is 17.7. The maximum absolute atomic E-state index is 12.6. The van der Waals surface area contributed by atoms with Gasteiger partial charge in [0.2, 0.25) is 16.9 Å². The van der Waals surface area contributed by atoms with Gasteiger partial charge in [-0.2, -0.15) is 0 Å². The molecule has 0 spiro atoms. The maximum Gasteiger partial charge on any atom is 0.247 e. The van der Waals surface area contributed by atoms with Crippen molar-refractivity contribution in [2.75, 3.05) is 16.8 Å². The van der Waals surface area contributed by atoms with Gasteiger partial charge in [-0.05, 0) is 42.5 Å².